The fourth-order valence-corrected chi connectivity index (χ4v) is 31.7. The zero-order valence-electron chi connectivity index (χ0n) is 15.6. The van der Waals surface area contributed by atoms with E-state index in [-0.39, 0.29) is 30.3 Å². The summed E-state index contributed by atoms with van der Waals surface area (Å²) in [5, 5.41) is 0. The topological polar surface area (TPSA) is 0 Å². The van der Waals surface area contributed by atoms with E-state index in [1.54, 1.807) is 16.7 Å². The van der Waals surface area contributed by atoms with Gasteiger partial charge in [-0.2, -0.15) is 0 Å². The van der Waals surface area contributed by atoms with Crippen LogP contribution in [0.15, 0.2) is 69.6 Å². The van der Waals surface area contributed by atoms with Crippen molar-refractivity contribution in [3.8, 4) is 11.1 Å². The molecule has 0 fully saturated rings. The summed E-state index contributed by atoms with van der Waals surface area (Å²) in [7, 11) is 0. The molecule has 2 aliphatic rings. The van der Waals surface area contributed by atoms with Crippen LogP contribution < -0.4 is 0 Å². The van der Waals surface area contributed by atoms with Crippen LogP contribution in [0.3, 0.4) is 0 Å². The fraction of sp³-hybridized carbons (Fsp3) is 0.273. The van der Waals surface area contributed by atoms with Crippen molar-refractivity contribution in [2.45, 2.75) is 36.5 Å². The Balaban J connectivity index is 0.00000121. The van der Waals surface area contributed by atoms with E-state index in [2.05, 4.69) is 80.7 Å². The van der Waals surface area contributed by atoms with Gasteiger partial charge in [0, 0.05) is 0 Å². The van der Waals surface area contributed by atoms with Crippen LogP contribution in [0.1, 0.15) is 34.6 Å². The van der Waals surface area contributed by atoms with Gasteiger partial charge in [-0.05, 0) is 0 Å². The molecule has 0 amide bonds. The van der Waals surface area contributed by atoms with E-state index >= 15 is 0 Å². The van der Waals surface area contributed by atoms with Gasteiger partial charge in [0.1, 0.15) is 0 Å². The van der Waals surface area contributed by atoms with Crippen LogP contribution in [0.2, 0.25) is 13.1 Å². The summed E-state index contributed by atoms with van der Waals surface area (Å²) in [6.07, 6.45) is 7.32. The fourth-order valence-electron chi connectivity index (χ4n) is 4.40. The molecule has 0 radical (unpaired) electrons. The van der Waals surface area contributed by atoms with Crippen molar-refractivity contribution in [2.24, 2.45) is 0 Å². The Morgan fingerprint density at radius 1 is 0.923 bits per heavy atom. The molecule has 0 N–H and O–H groups in total. The van der Waals surface area contributed by atoms with Gasteiger partial charge >= 0.3 is 154 Å². The van der Waals surface area contributed by atoms with Crippen LogP contribution in [0.4, 0.5) is 0 Å². The minimum Gasteiger partial charge on any atom is -0.147 e. The molecule has 4 rings (SSSR count). The first kappa shape index (κ1) is 21.9. The van der Waals surface area contributed by atoms with E-state index in [1.165, 1.54) is 24.0 Å². The van der Waals surface area contributed by atoms with Gasteiger partial charge in [-0.1, -0.05) is 0 Å². The van der Waals surface area contributed by atoms with E-state index < -0.39 is 20.1 Å². The third-order valence-corrected chi connectivity index (χ3v) is 31.4. The molecule has 2 aromatic rings. The number of rotatable bonds is 3. The Morgan fingerprint density at radius 2 is 1.46 bits per heavy atom. The molecule has 0 unspecified atom stereocenters. The van der Waals surface area contributed by atoms with Gasteiger partial charge in [-0.3, -0.25) is 0 Å². The predicted molar refractivity (Wildman–Crippen MR) is 117 cm³/mol. The van der Waals surface area contributed by atoms with Crippen molar-refractivity contribution in [1.29, 1.82) is 0 Å². The largest absolute Gasteiger partial charge is 0.147 e. The van der Waals surface area contributed by atoms with Gasteiger partial charge in [0.05, 0.1) is 0 Å². The third kappa shape index (κ3) is 3.63. The standard InChI is InChI=1S/C13H9.C7H9.C2H6Si.2ClH.Hf/c1-3-7-12-10(5-1)9-11-6-2-4-8-13(11)12;1-2-7-5-3-4-6-7;1-3-2;;;/h1-9H;3,5H,2,4H2,1H3;1-2H3;2*1H;. The molecule has 136 valence electrons. The van der Waals surface area contributed by atoms with Crippen molar-refractivity contribution >= 4 is 30.3 Å². The van der Waals surface area contributed by atoms with Crippen molar-refractivity contribution in [2.75, 3.05) is 0 Å². The Bertz CT molecular complexity index is 862. The maximum atomic E-state index is 2.59. The SMILES string of the molecule is CCC1=[C]([Hf]([CH]2c3ccccc3-c3ccccc32)=[Si](C)C)CC=C1.Cl.Cl. The minimum absolute atomic E-state index is 0. The molecule has 0 atom stereocenters. The second-order valence-electron chi connectivity index (χ2n) is 6.99. The number of halogens is 2. The number of hydrogen-bond acceptors (Lipinski definition) is 0. The predicted octanol–water partition coefficient (Wildman–Crippen LogP) is 7.09. The summed E-state index contributed by atoms with van der Waals surface area (Å²) in [6.45, 7) is 7.52. The van der Waals surface area contributed by atoms with E-state index in [4.69, 9.17) is 0 Å². The molecular formula is C22H26Cl2HfSi. The first-order valence-electron chi connectivity index (χ1n) is 8.97. The van der Waals surface area contributed by atoms with E-state index in [0.29, 0.717) is 0 Å². The van der Waals surface area contributed by atoms with Crippen molar-refractivity contribution in [3.05, 3.63) is 80.7 Å². The van der Waals surface area contributed by atoms with Gasteiger partial charge < -0.3 is 0 Å². The Morgan fingerprint density at radius 3 is 1.96 bits per heavy atom. The molecule has 0 aliphatic heterocycles. The maximum Gasteiger partial charge on any atom is -0.147 e. The molecule has 0 aromatic heterocycles. The summed E-state index contributed by atoms with van der Waals surface area (Å²) in [6, 6.07) is 18.4. The van der Waals surface area contributed by atoms with Gasteiger partial charge in [0.2, 0.25) is 0 Å². The normalized spacial score (nSPS) is 14.4. The van der Waals surface area contributed by atoms with Crippen LogP contribution in [0.5, 0.6) is 0 Å². The Kier molecular flexibility index (Phi) is 7.73. The molecule has 26 heavy (non-hydrogen) atoms. The van der Waals surface area contributed by atoms with E-state index in [0.717, 1.165) is 3.67 Å². The Labute approximate surface area is 177 Å². The number of hydrogen-bond donors (Lipinski definition) is 0. The monoisotopic (exact) mass is 568 g/mol. The third-order valence-electron chi connectivity index (χ3n) is 5.40. The van der Waals surface area contributed by atoms with E-state index in [9.17, 15) is 0 Å². The summed E-state index contributed by atoms with van der Waals surface area (Å²) in [5.41, 5.74) is 7.73. The van der Waals surface area contributed by atoms with Gasteiger partial charge in [0.25, 0.3) is 0 Å². The summed E-state index contributed by atoms with van der Waals surface area (Å²) < 4.78 is 2.68. The molecule has 0 nitrogen and oxygen atoms in total. The molecular weight excluding hydrogens is 542 g/mol. The first-order chi connectivity index (χ1) is 11.7. The van der Waals surface area contributed by atoms with Crippen molar-refractivity contribution < 1.29 is 20.1 Å². The molecule has 4 heteroatoms. The van der Waals surface area contributed by atoms with Crippen molar-refractivity contribution in [1.82, 2.24) is 0 Å². The Hall–Kier alpha value is -0.413. The quantitative estimate of drug-likeness (QED) is 0.347. The number of allylic oxidation sites excluding steroid dienone is 4. The zero-order chi connectivity index (χ0) is 16.7. The average Bonchev–Trinajstić information content (AvgIpc) is 3.19. The molecule has 0 saturated heterocycles. The van der Waals surface area contributed by atoms with Gasteiger partial charge in [-0.25, -0.2) is 0 Å². The first-order valence-corrected chi connectivity index (χ1v) is 20.7. The van der Waals surface area contributed by atoms with Crippen LogP contribution in [0, 0.1) is 0 Å². The summed E-state index contributed by atoms with van der Waals surface area (Å²) in [4.78, 5) is 0. The minimum atomic E-state index is -1.96. The summed E-state index contributed by atoms with van der Waals surface area (Å²) in [5.74, 6) is 0. The van der Waals surface area contributed by atoms with Crippen molar-refractivity contribution in [3.63, 3.8) is 0 Å². The molecule has 0 saturated carbocycles. The number of fused-ring (bicyclic) bond motifs is 3. The van der Waals surface area contributed by atoms with Gasteiger partial charge in [-0.15, -0.1) is 24.8 Å². The van der Waals surface area contributed by atoms with E-state index in [1.807, 2.05) is 3.33 Å². The molecule has 0 spiro atoms. The van der Waals surface area contributed by atoms with Gasteiger partial charge in [0.15, 0.2) is 0 Å². The second kappa shape index (κ2) is 9.19. The van der Waals surface area contributed by atoms with Crippen LogP contribution in [0.25, 0.3) is 11.1 Å². The van der Waals surface area contributed by atoms with Crippen LogP contribution in [-0.2, 0) is 20.1 Å². The molecule has 0 bridgehead atoms. The molecule has 2 aromatic carbocycles. The summed E-state index contributed by atoms with van der Waals surface area (Å²) >= 11 is -1.96. The molecule has 0 heterocycles. The van der Waals surface area contributed by atoms with Crippen LogP contribution >= 0.6 is 24.8 Å². The van der Waals surface area contributed by atoms with Crippen LogP contribution in [-0.4, -0.2) is 5.49 Å². The smallest absolute Gasteiger partial charge is 0.147 e. The number of benzene rings is 2. The molecule has 2 aliphatic carbocycles. The average molecular weight is 568 g/mol. The zero-order valence-corrected chi connectivity index (χ0v) is 21.8. The maximum absolute atomic E-state index is 2.59. The second-order valence-corrected chi connectivity index (χ2v) is 31.4.